The maximum Gasteiger partial charge on any atom is 0.343 e. The number of allylic oxidation sites excluding steroid dienone is 1. The van der Waals surface area contributed by atoms with Gasteiger partial charge < -0.3 is 9.47 Å². The second-order valence-electron chi connectivity index (χ2n) is 6.29. The molecule has 29 heavy (non-hydrogen) atoms. The normalized spacial score (nSPS) is 10.9. The molecule has 2 aromatic rings. The molecule has 4 nitrogen and oxygen atoms in total. The molecular formula is C22H21F3O4. The monoisotopic (exact) mass is 406 g/mol. The summed E-state index contributed by atoms with van der Waals surface area (Å²) < 4.78 is 49.2. The number of carbonyl (C=O) groups is 2. The predicted molar refractivity (Wildman–Crippen MR) is 101 cm³/mol. The summed E-state index contributed by atoms with van der Waals surface area (Å²) in [5.41, 5.74) is 0.0569. The van der Waals surface area contributed by atoms with Crippen molar-refractivity contribution >= 4 is 11.9 Å². The molecule has 0 aromatic heterocycles. The summed E-state index contributed by atoms with van der Waals surface area (Å²) in [5.74, 6) is -6.26. The Balaban J connectivity index is 1.88. The van der Waals surface area contributed by atoms with Crippen molar-refractivity contribution in [2.24, 2.45) is 0 Å². The third kappa shape index (κ3) is 7.10. The lowest BCUT2D eigenvalue weighted by molar-refractivity contribution is -0.129. The lowest BCUT2D eigenvalue weighted by Crippen LogP contribution is -2.10. The Morgan fingerprint density at radius 2 is 1.55 bits per heavy atom. The zero-order valence-corrected chi connectivity index (χ0v) is 15.9. The number of hydrogen-bond acceptors (Lipinski definition) is 4. The highest BCUT2D eigenvalue weighted by atomic mass is 19.2. The van der Waals surface area contributed by atoms with E-state index in [1.807, 2.05) is 0 Å². The summed E-state index contributed by atoms with van der Waals surface area (Å²) in [6.45, 7) is 2.13. The Labute approximate surface area is 166 Å². The molecule has 0 aliphatic rings. The van der Waals surface area contributed by atoms with Crippen LogP contribution in [0.4, 0.5) is 13.2 Å². The molecule has 0 radical (unpaired) electrons. The first-order chi connectivity index (χ1) is 13.9. The van der Waals surface area contributed by atoms with Gasteiger partial charge >= 0.3 is 11.9 Å². The standard InChI is InChI=1S/C22H21F3O4/c1-2-3-4-5-6-7-8-20(26)28-16-11-9-15(10-12-16)22(27)29-17-13-18(23)21(25)19(24)14-17/h7-14H,2-6H2,1H3/b8-7+. The molecule has 0 amide bonds. The number of ether oxygens (including phenoxy) is 2. The SMILES string of the molecule is CCCCCC/C=C/C(=O)Oc1ccc(C(=O)Oc2cc(F)c(F)c(F)c2)cc1. The van der Waals surface area contributed by atoms with E-state index in [2.05, 4.69) is 6.92 Å². The summed E-state index contributed by atoms with van der Waals surface area (Å²) in [4.78, 5) is 23.8. The van der Waals surface area contributed by atoms with E-state index in [1.54, 1.807) is 6.08 Å². The van der Waals surface area contributed by atoms with Gasteiger partial charge in [0.05, 0.1) is 5.56 Å². The van der Waals surface area contributed by atoms with Crippen LogP contribution in [0, 0.1) is 17.5 Å². The molecule has 0 bridgehead atoms. The minimum Gasteiger partial charge on any atom is -0.423 e. The van der Waals surface area contributed by atoms with Crippen molar-refractivity contribution in [1.82, 2.24) is 0 Å². The summed E-state index contributed by atoms with van der Waals surface area (Å²) in [6, 6.07) is 6.57. The molecule has 0 spiro atoms. The van der Waals surface area contributed by atoms with Crippen molar-refractivity contribution in [3.05, 3.63) is 71.6 Å². The van der Waals surface area contributed by atoms with Crippen LogP contribution in [-0.2, 0) is 4.79 Å². The molecule has 0 aliphatic carbocycles. The second-order valence-corrected chi connectivity index (χ2v) is 6.29. The van der Waals surface area contributed by atoms with E-state index in [-0.39, 0.29) is 11.3 Å². The van der Waals surface area contributed by atoms with Crippen LogP contribution in [-0.4, -0.2) is 11.9 Å². The summed E-state index contributed by atoms with van der Waals surface area (Å²) in [7, 11) is 0. The number of unbranched alkanes of at least 4 members (excludes halogenated alkanes) is 4. The lowest BCUT2D eigenvalue weighted by Gasteiger charge is -2.06. The molecule has 0 N–H and O–H groups in total. The van der Waals surface area contributed by atoms with E-state index in [0.29, 0.717) is 12.1 Å². The molecule has 0 unspecified atom stereocenters. The average Bonchev–Trinajstić information content (AvgIpc) is 2.69. The van der Waals surface area contributed by atoms with Gasteiger partial charge in [-0.1, -0.05) is 32.3 Å². The minimum absolute atomic E-state index is 0.0569. The zero-order valence-electron chi connectivity index (χ0n) is 15.9. The van der Waals surface area contributed by atoms with Crippen LogP contribution < -0.4 is 9.47 Å². The van der Waals surface area contributed by atoms with E-state index < -0.39 is 35.1 Å². The first kappa shape index (κ1) is 22.2. The number of benzene rings is 2. The van der Waals surface area contributed by atoms with Crippen LogP contribution in [0.15, 0.2) is 48.6 Å². The van der Waals surface area contributed by atoms with Gasteiger partial charge in [0.2, 0.25) is 0 Å². The van der Waals surface area contributed by atoms with Crippen LogP contribution in [0.25, 0.3) is 0 Å². The Hall–Kier alpha value is -3.09. The summed E-state index contributed by atoms with van der Waals surface area (Å²) in [5, 5.41) is 0. The molecule has 0 aliphatic heterocycles. The van der Waals surface area contributed by atoms with Crippen molar-refractivity contribution in [2.45, 2.75) is 39.0 Å². The van der Waals surface area contributed by atoms with Gasteiger partial charge in [-0.3, -0.25) is 0 Å². The maximum atomic E-state index is 13.2. The topological polar surface area (TPSA) is 52.6 Å². The molecule has 2 rings (SSSR count). The smallest absolute Gasteiger partial charge is 0.343 e. The lowest BCUT2D eigenvalue weighted by atomic mass is 10.1. The summed E-state index contributed by atoms with van der Waals surface area (Å²) in [6.07, 6.45) is 8.34. The van der Waals surface area contributed by atoms with Gasteiger partial charge in [0.25, 0.3) is 0 Å². The van der Waals surface area contributed by atoms with Crippen molar-refractivity contribution in [2.75, 3.05) is 0 Å². The molecule has 0 atom stereocenters. The fourth-order valence-electron chi connectivity index (χ4n) is 2.43. The van der Waals surface area contributed by atoms with E-state index in [0.717, 1.165) is 32.1 Å². The molecule has 7 heteroatoms. The molecule has 2 aromatic carbocycles. The van der Waals surface area contributed by atoms with E-state index >= 15 is 0 Å². The van der Waals surface area contributed by atoms with Gasteiger partial charge in [-0.05, 0) is 37.1 Å². The second kappa shape index (κ2) is 11.0. The molecule has 0 saturated heterocycles. The first-order valence-electron chi connectivity index (χ1n) is 9.26. The maximum absolute atomic E-state index is 13.2. The Bertz CT molecular complexity index is 853. The highest BCUT2D eigenvalue weighted by Crippen LogP contribution is 2.21. The summed E-state index contributed by atoms with van der Waals surface area (Å²) >= 11 is 0. The molecule has 0 heterocycles. The quantitative estimate of drug-likeness (QED) is 0.175. The van der Waals surface area contributed by atoms with Crippen LogP contribution in [0.5, 0.6) is 11.5 Å². The van der Waals surface area contributed by atoms with Crippen molar-refractivity contribution < 1.29 is 32.2 Å². The number of carbonyl (C=O) groups excluding carboxylic acids is 2. The van der Waals surface area contributed by atoms with Crippen LogP contribution in [0.2, 0.25) is 0 Å². The van der Waals surface area contributed by atoms with Gasteiger partial charge in [-0.2, -0.15) is 0 Å². The molecule has 0 fully saturated rings. The van der Waals surface area contributed by atoms with Gasteiger partial charge in [-0.25, -0.2) is 22.8 Å². The van der Waals surface area contributed by atoms with E-state index in [9.17, 15) is 22.8 Å². The highest BCUT2D eigenvalue weighted by molar-refractivity contribution is 5.91. The van der Waals surface area contributed by atoms with Crippen molar-refractivity contribution in [3.8, 4) is 11.5 Å². The molecule has 154 valence electrons. The van der Waals surface area contributed by atoms with Crippen LogP contribution >= 0.6 is 0 Å². The largest absolute Gasteiger partial charge is 0.423 e. The van der Waals surface area contributed by atoms with Gasteiger partial charge in [0.15, 0.2) is 17.5 Å². The highest BCUT2D eigenvalue weighted by Gasteiger charge is 2.15. The van der Waals surface area contributed by atoms with Crippen LogP contribution in [0.1, 0.15) is 49.4 Å². The van der Waals surface area contributed by atoms with Gasteiger partial charge in [-0.15, -0.1) is 0 Å². The number of halogens is 3. The van der Waals surface area contributed by atoms with Crippen molar-refractivity contribution in [3.63, 3.8) is 0 Å². The number of esters is 2. The Morgan fingerprint density at radius 1 is 0.897 bits per heavy atom. The molecular weight excluding hydrogens is 385 g/mol. The predicted octanol–water partition coefficient (Wildman–Crippen LogP) is 5.76. The number of rotatable bonds is 9. The third-order valence-corrected chi connectivity index (χ3v) is 3.95. The van der Waals surface area contributed by atoms with Gasteiger partial charge in [0, 0.05) is 18.2 Å². The zero-order chi connectivity index (χ0) is 21.2. The minimum atomic E-state index is -1.65. The third-order valence-electron chi connectivity index (χ3n) is 3.95. The Morgan fingerprint density at radius 3 is 2.17 bits per heavy atom. The van der Waals surface area contributed by atoms with Crippen molar-refractivity contribution in [1.29, 1.82) is 0 Å². The number of hydrogen-bond donors (Lipinski definition) is 0. The van der Waals surface area contributed by atoms with E-state index in [4.69, 9.17) is 9.47 Å². The molecule has 0 saturated carbocycles. The average molecular weight is 406 g/mol. The van der Waals surface area contributed by atoms with E-state index in [1.165, 1.54) is 30.3 Å². The fraction of sp³-hybridized carbons (Fsp3) is 0.273. The first-order valence-corrected chi connectivity index (χ1v) is 9.26. The van der Waals surface area contributed by atoms with Crippen LogP contribution in [0.3, 0.4) is 0 Å². The van der Waals surface area contributed by atoms with Gasteiger partial charge in [0.1, 0.15) is 11.5 Å². The fourth-order valence-corrected chi connectivity index (χ4v) is 2.43. The Kier molecular flexibility index (Phi) is 8.45.